The SMILES string of the molecule is O=C1NC(=O)N(c2ccc(Br)cc2)C(=O)[C@H]1C=Nc1ccccc1I. The fraction of sp³-hybridized carbons (Fsp3) is 0.0588. The Morgan fingerprint density at radius 2 is 1.76 bits per heavy atom. The number of hydrogen-bond donors (Lipinski definition) is 1. The Bertz CT molecular complexity index is 883. The smallest absolute Gasteiger partial charge is 0.276 e. The van der Waals surface area contributed by atoms with Crippen molar-refractivity contribution in [2.75, 3.05) is 4.90 Å². The van der Waals surface area contributed by atoms with Gasteiger partial charge < -0.3 is 0 Å². The van der Waals surface area contributed by atoms with Crippen LogP contribution >= 0.6 is 38.5 Å². The number of para-hydroxylation sites is 1. The number of anilines is 1. The van der Waals surface area contributed by atoms with E-state index in [1.165, 1.54) is 6.21 Å². The van der Waals surface area contributed by atoms with Crippen molar-refractivity contribution in [3.05, 3.63) is 56.6 Å². The number of amides is 4. The largest absolute Gasteiger partial charge is 0.335 e. The topological polar surface area (TPSA) is 78.8 Å². The summed E-state index contributed by atoms with van der Waals surface area (Å²) in [7, 11) is 0. The predicted octanol–water partition coefficient (Wildman–Crippen LogP) is 3.66. The molecule has 0 aliphatic carbocycles. The molecule has 2 aromatic carbocycles. The second-order valence-electron chi connectivity index (χ2n) is 5.15. The number of rotatable bonds is 3. The molecular formula is C17H11BrIN3O3. The number of nitrogens with one attached hydrogen (secondary N) is 1. The summed E-state index contributed by atoms with van der Waals surface area (Å²) in [6.07, 6.45) is 1.27. The Kier molecular flexibility index (Phi) is 5.28. The summed E-state index contributed by atoms with van der Waals surface area (Å²) >= 11 is 5.42. The van der Waals surface area contributed by atoms with Crippen LogP contribution in [0.3, 0.4) is 0 Å². The van der Waals surface area contributed by atoms with Crippen LogP contribution in [0.15, 0.2) is 58.0 Å². The maximum absolute atomic E-state index is 12.7. The van der Waals surface area contributed by atoms with E-state index in [2.05, 4.69) is 48.8 Å². The predicted molar refractivity (Wildman–Crippen MR) is 106 cm³/mol. The van der Waals surface area contributed by atoms with E-state index in [0.717, 1.165) is 12.9 Å². The third-order valence-corrected chi connectivity index (χ3v) is 4.94. The number of nitrogens with zero attached hydrogens (tertiary/aromatic N) is 2. The van der Waals surface area contributed by atoms with Crippen LogP contribution in [0.1, 0.15) is 0 Å². The number of urea groups is 1. The molecule has 0 unspecified atom stereocenters. The lowest BCUT2D eigenvalue weighted by Crippen LogP contribution is -2.58. The van der Waals surface area contributed by atoms with Gasteiger partial charge in [-0.1, -0.05) is 28.1 Å². The molecule has 2 aromatic rings. The minimum Gasteiger partial charge on any atom is -0.276 e. The van der Waals surface area contributed by atoms with E-state index in [1.54, 1.807) is 30.3 Å². The average molecular weight is 512 g/mol. The first-order chi connectivity index (χ1) is 12.0. The molecule has 0 spiro atoms. The molecule has 126 valence electrons. The van der Waals surface area contributed by atoms with E-state index in [9.17, 15) is 14.4 Å². The van der Waals surface area contributed by atoms with Crippen molar-refractivity contribution in [3.63, 3.8) is 0 Å². The molecule has 6 nitrogen and oxygen atoms in total. The van der Waals surface area contributed by atoms with Crippen LogP contribution < -0.4 is 10.2 Å². The van der Waals surface area contributed by atoms with Gasteiger partial charge in [0.25, 0.3) is 5.91 Å². The molecular weight excluding hydrogens is 501 g/mol. The van der Waals surface area contributed by atoms with Crippen molar-refractivity contribution < 1.29 is 14.4 Å². The minimum atomic E-state index is -1.17. The molecule has 4 amide bonds. The number of hydrogen-bond acceptors (Lipinski definition) is 4. The van der Waals surface area contributed by atoms with Crippen molar-refractivity contribution in [2.45, 2.75) is 0 Å². The van der Waals surface area contributed by atoms with Crippen molar-refractivity contribution >= 4 is 74.0 Å². The highest BCUT2D eigenvalue weighted by molar-refractivity contribution is 14.1. The minimum absolute atomic E-state index is 0.380. The molecule has 1 fully saturated rings. The molecule has 3 rings (SSSR count). The summed E-state index contributed by atoms with van der Waals surface area (Å²) in [5, 5.41) is 2.20. The second-order valence-corrected chi connectivity index (χ2v) is 7.23. The van der Waals surface area contributed by atoms with E-state index in [4.69, 9.17) is 0 Å². The van der Waals surface area contributed by atoms with E-state index in [1.807, 2.05) is 18.2 Å². The monoisotopic (exact) mass is 511 g/mol. The van der Waals surface area contributed by atoms with Gasteiger partial charge in [0, 0.05) is 14.3 Å². The molecule has 0 saturated carbocycles. The lowest BCUT2D eigenvalue weighted by molar-refractivity contribution is -0.131. The maximum atomic E-state index is 12.7. The van der Waals surface area contributed by atoms with Crippen LogP contribution in [0.25, 0.3) is 0 Å². The van der Waals surface area contributed by atoms with Crippen LogP contribution in [0.4, 0.5) is 16.2 Å². The summed E-state index contributed by atoms with van der Waals surface area (Å²) in [6.45, 7) is 0. The van der Waals surface area contributed by atoms with Gasteiger partial charge in [0.2, 0.25) is 5.91 Å². The van der Waals surface area contributed by atoms with E-state index in [-0.39, 0.29) is 0 Å². The van der Waals surface area contributed by atoms with Gasteiger partial charge in [-0.25, -0.2) is 9.69 Å². The highest BCUT2D eigenvalue weighted by Crippen LogP contribution is 2.24. The van der Waals surface area contributed by atoms with Crippen molar-refractivity contribution in [3.8, 4) is 0 Å². The van der Waals surface area contributed by atoms with Crippen molar-refractivity contribution in [1.82, 2.24) is 5.32 Å². The quantitative estimate of drug-likeness (QED) is 0.388. The van der Waals surface area contributed by atoms with E-state index >= 15 is 0 Å². The lowest BCUT2D eigenvalue weighted by Gasteiger charge is -2.28. The zero-order valence-electron chi connectivity index (χ0n) is 12.6. The van der Waals surface area contributed by atoms with Crippen molar-refractivity contribution in [1.29, 1.82) is 0 Å². The number of carbonyl (C=O) groups is 3. The van der Waals surface area contributed by atoms with Gasteiger partial charge in [-0.15, -0.1) is 0 Å². The normalized spacial score (nSPS) is 17.9. The Hall–Kier alpha value is -2.07. The van der Waals surface area contributed by atoms with Crippen LogP contribution in [-0.2, 0) is 9.59 Å². The zero-order valence-corrected chi connectivity index (χ0v) is 16.4. The average Bonchev–Trinajstić information content (AvgIpc) is 2.57. The molecule has 1 atom stereocenters. The fourth-order valence-corrected chi connectivity index (χ4v) is 3.06. The molecule has 1 aliphatic rings. The molecule has 8 heteroatoms. The molecule has 1 N–H and O–H groups in total. The molecule has 1 saturated heterocycles. The summed E-state index contributed by atoms with van der Waals surface area (Å²) < 4.78 is 1.70. The van der Waals surface area contributed by atoms with Crippen LogP contribution in [0.5, 0.6) is 0 Å². The van der Waals surface area contributed by atoms with E-state index in [0.29, 0.717) is 11.4 Å². The first kappa shape index (κ1) is 17.7. The molecule has 0 bridgehead atoms. The number of imide groups is 2. The Morgan fingerprint density at radius 1 is 1.08 bits per heavy atom. The number of benzene rings is 2. The fourth-order valence-electron chi connectivity index (χ4n) is 2.27. The van der Waals surface area contributed by atoms with Crippen LogP contribution in [-0.4, -0.2) is 24.1 Å². The van der Waals surface area contributed by atoms with Gasteiger partial charge in [0.15, 0.2) is 5.92 Å². The number of barbiturate groups is 1. The van der Waals surface area contributed by atoms with Gasteiger partial charge in [0.05, 0.1) is 11.4 Å². The lowest BCUT2D eigenvalue weighted by atomic mass is 10.1. The van der Waals surface area contributed by atoms with Gasteiger partial charge in [-0.3, -0.25) is 19.9 Å². The second kappa shape index (κ2) is 7.44. The molecule has 1 aliphatic heterocycles. The molecule has 0 radical (unpaired) electrons. The summed E-state index contributed by atoms with van der Waals surface area (Å²) in [4.78, 5) is 42.0. The van der Waals surface area contributed by atoms with Crippen molar-refractivity contribution in [2.24, 2.45) is 10.9 Å². The Labute approximate surface area is 165 Å². The number of aliphatic imine (C=N–C) groups is 1. The highest BCUT2D eigenvalue weighted by Gasteiger charge is 2.40. The standard InChI is InChI=1S/C17H11BrIN3O3/c18-10-5-7-11(8-6-10)22-16(24)12(15(23)21-17(22)25)9-20-14-4-2-1-3-13(14)19/h1-9,12H,(H,21,23,25)/t12-/m0/s1. The van der Waals surface area contributed by atoms with Gasteiger partial charge in [0.1, 0.15) is 0 Å². The molecule has 0 aromatic heterocycles. The Balaban J connectivity index is 1.90. The maximum Gasteiger partial charge on any atom is 0.335 e. The zero-order chi connectivity index (χ0) is 18.0. The van der Waals surface area contributed by atoms with Crippen LogP contribution in [0, 0.1) is 9.49 Å². The highest BCUT2D eigenvalue weighted by atomic mass is 127. The van der Waals surface area contributed by atoms with Gasteiger partial charge in [-0.05, 0) is 59.0 Å². The first-order valence-corrected chi connectivity index (χ1v) is 9.07. The number of halogens is 2. The summed E-state index contributed by atoms with van der Waals surface area (Å²) in [6, 6.07) is 13.2. The molecule has 25 heavy (non-hydrogen) atoms. The van der Waals surface area contributed by atoms with E-state index < -0.39 is 23.8 Å². The van der Waals surface area contributed by atoms with Gasteiger partial charge in [-0.2, -0.15) is 0 Å². The molecule has 1 heterocycles. The van der Waals surface area contributed by atoms with Crippen LogP contribution in [0.2, 0.25) is 0 Å². The number of carbonyl (C=O) groups excluding carboxylic acids is 3. The summed E-state index contributed by atoms with van der Waals surface area (Å²) in [5.41, 5.74) is 1.03. The summed E-state index contributed by atoms with van der Waals surface area (Å²) in [5.74, 6) is -2.49. The first-order valence-electron chi connectivity index (χ1n) is 7.20. The third-order valence-electron chi connectivity index (χ3n) is 3.50. The third kappa shape index (κ3) is 3.79. The van der Waals surface area contributed by atoms with Gasteiger partial charge >= 0.3 is 6.03 Å². The Morgan fingerprint density at radius 3 is 2.44 bits per heavy atom.